The van der Waals surface area contributed by atoms with Gasteiger partial charge in [0.15, 0.2) is 0 Å². The molecule has 0 amide bonds. The van der Waals surface area contributed by atoms with E-state index in [0.29, 0.717) is 12.1 Å². The molecular weight excluding hydrogens is 192 g/mol. The van der Waals surface area contributed by atoms with Crippen molar-refractivity contribution in [2.24, 2.45) is 5.41 Å². The Morgan fingerprint density at radius 2 is 1.43 bits per heavy atom. The SMILES string of the molecule is CC(C)N(NC(=S)C(C)(C)C)C(C)C. The third-order valence-corrected chi connectivity index (χ3v) is 2.73. The zero-order valence-electron chi connectivity index (χ0n) is 10.5. The topological polar surface area (TPSA) is 15.3 Å². The van der Waals surface area contributed by atoms with Crippen LogP contribution in [0.4, 0.5) is 0 Å². The van der Waals surface area contributed by atoms with Gasteiger partial charge >= 0.3 is 0 Å². The summed E-state index contributed by atoms with van der Waals surface area (Å²) in [6.07, 6.45) is 0. The van der Waals surface area contributed by atoms with Gasteiger partial charge in [-0.15, -0.1) is 0 Å². The fourth-order valence-electron chi connectivity index (χ4n) is 1.14. The van der Waals surface area contributed by atoms with E-state index < -0.39 is 0 Å². The highest BCUT2D eigenvalue weighted by Crippen LogP contribution is 2.15. The summed E-state index contributed by atoms with van der Waals surface area (Å²) >= 11 is 5.35. The minimum absolute atomic E-state index is 0.0391. The van der Waals surface area contributed by atoms with Gasteiger partial charge in [0, 0.05) is 17.5 Å². The first-order valence-corrected chi connectivity index (χ1v) is 5.66. The Labute approximate surface area is 94.0 Å². The Morgan fingerprint density at radius 1 is 1.07 bits per heavy atom. The third kappa shape index (κ3) is 4.38. The molecule has 0 aliphatic rings. The molecule has 0 heterocycles. The van der Waals surface area contributed by atoms with Crippen molar-refractivity contribution in [1.29, 1.82) is 0 Å². The molecule has 0 bridgehead atoms. The smallest absolute Gasteiger partial charge is 0.0951 e. The van der Waals surface area contributed by atoms with Crippen LogP contribution in [0.2, 0.25) is 0 Å². The summed E-state index contributed by atoms with van der Waals surface area (Å²) < 4.78 is 0. The minimum atomic E-state index is 0.0391. The van der Waals surface area contributed by atoms with Crippen molar-refractivity contribution >= 4 is 17.2 Å². The zero-order chi connectivity index (χ0) is 11.5. The summed E-state index contributed by atoms with van der Waals surface area (Å²) in [7, 11) is 0. The standard InChI is InChI=1S/C11H24N2S/c1-8(2)13(9(3)4)12-10(14)11(5,6)7/h8-9H,1-7H3,(H,12,14). The molecule has 2 nitrogen and oxygen atoms in total. The molecule has 0 aliphatic heterocycles. The molecule has 0 aliphatic carbocycles. The van der Waals surface area contributed by atoms with Crippen molar-refractivity contribution in [3.63, 3.8) is 0 Å². The first-order valence-electron chi connectivity index (χ1n) is 5.25. The quantitative estimate of drug-likeness (QED) is 0.577. The van der Waals surface area contributed by atoms with Gasteiger partial charge in [0.1, 0.15) is 0 Å². The van der Waals surface area contributed by atoms with Crippen LogP contribution in [0.25, 0.3) is 0 Å². The number of nitrogens with one attached hydrogen (secondary N) is 1. The molecule has 84 valence electrons. The molecule has 14 heavy (non-hydrogen) atoms. The number of hydrazine groups is 1. The average molecular weight is 216 g/mol. The van der Waals surface area contributed by atoms with Crippen LogP contribution in [0.15, 0.2) is 0 Å². The molecule has 0 aromatic carbocycles. The van der Waals surface area contributed by atoms with E-state index in [-0.39, 0.29) is 5.41 Å². The van der Waals surface area contributed by atoms with Crippen LogP contribution >= 0.6 is 12.2 Å². The lowest BCUT2D eigenvalue weighted by Gasteiger charge is -2.35. The van der Waals surface area contributed by atoms with Gasteiger partial charge in [-0.3, -0.25) is 0 Å². The molecule has 0 aromatic heterocycles. The normalized spacial score (nSPS) is 12.7. The average Bonchev–Trinajstić information content (AvgIpc) is 1.96. The number of rotatable bonds is 3. The predicted molar refractivity (Wildman–Crippen MR) is 67.3 cm³/mol. The Balaban J connectivity index is 4.40. The number of hydrogen-bond acceptors (Lipinski definition) is 2. The second-order valence-electron chi connectivity index (χ2n) is 5.29. The van der Waals surface area contributed by atoms with Gasteiger partial charge in [0.05, 0.1) is 4.99 Å². The van der Waals surface area contributed by atoms with Gasteiger partial charge in [-0.1, -0.05) is 33.0 Å². The van der Waals surface area contributed by atoms with Crippen LogP contribution in [0.5, 0.6) is 0 Å². The van der Waals surface area contributed by atoms with Crippen molar-refractivity contribution in [2.75, 3.05) is 0 Å². The summed E-state index contributed by atoms with van der Waals surface area (Å²) in [6.45, 7) is 15.0. The zero-order valence-corrected chi connectivity index (χ0v) is 11.3. The van der Waals surface area contributed by atoms with Crippen LogP contribution < -0.4 is 5.43 Å². The van der Waals surface area contributed by atoms with E-state index in [4.69, 9.17) is 12.2 Å². The largest absolute Gasteiger partial charge is 0.312 e. The van der Waals surface area contributed by atoms with Gasteiger partial charge in [0.2, 0.25) is 0 Å². The lowest BCUT2D eigenvalue weighted by molar-refractivity contribution is 0.136. The number of nitrogens with zero attached hydrogens (tertiary/aromatic N) is 1. The highest BCUT2D eigenvalue weighted by Gasteiger charge is 2.21. The van der Waals surface area contributed by atoms with Crippen LogP contribution in [0.1, 0.15) is 48.5 Å². The van der Waals surface area contributed by atoms with Gasteiger partial charge < -0.3 is 5.43 Å². The fourth-order valence-corrected chi connectivity index (χ4v) is 1.24. The second kappa shape index (κ2) is 5.08. The van der Waals surface area contributed by atoms with Crippen molar-refractivity contribution in [3.8, 4) is 0 Å². The molecule has 0 saturated carbocycles. The maximum atomic E-state index is 5.35. The van der Waals surface area contributed by atoms with E-state index in [1.807, 2.05) is 0 Å². The molecule has 0 spiro atoms. The van der Waals surface area contributed by atoms with Gasteiger partial charge in [-0.25, -0.2) is 5.01 Å². The predicted octanol–water partition coefficient (Wildman–Crippen LogP) is 2.98. The molecule has 0 saturated heterocycles. The Kier molecular flexibility index (Phi) is 5.02. The van der Waals surface area contributed by atoms with E-state index in [2.05, 4.69) is 58.9 Å². The lowest BCUT2D eigenvalue weighted by atomic mass is 9.97. The minimum Gasteiger partial charge on any atom is -0.312 e. The first-order chi connectivity index (χ1) is 6.16. The Hall–Kier alpha value is -0.150. The highest BCUT2D eigenvalue weighted by molar-refractivity contribution is 7.80. The third-order valence-electron chi connectivity index (χ3n) is 2.02. The monoisotopic (exact) mass is 216 g/mol. The maximum Gasteiger partial charge on any atom is 0.0951 e. The molecule has 0 atom stereocenters. The molecule has 0 rings (SSSR count). The van der Waals surface area contributed by atoms with Crippen molar-refractivity contribution in [3.05, 3.63) is 0 Å². The van der Waals surface area contributed by atoms with Crippen molar-refractivity contribution in [2.45, 2.75) is 60.5 Å². The van der Waals surface area contributed by atoms with E-state index in [1.54, 1.807) is 0 Å². The summed E-state index contributed by atoms with van der Waals surface area (Å²) in [4.78, 5) is 0.903. The number of thiocarbonyl (C=S) groups is 1. The van der Waals surface area contributed by atoms with Crippen molar-refractivity contribution < 1.29 is 0 Å². The summed E-state index contributed by atoms with van der Waals surface area (Å²) in [6, 6.07) is 0.908. The van der Waals surface area contributed by atoms with Crippen LogP contribution in [0.3, 0.4) is 0 Å². The summed E-state index contributed by atoms with van der Waals surface area (Å²) in [5.74, 6) is 0. The molecule has 0 fully saturated rings. The lowest BCUT2D eigenvalue weighted by Crippen LogP contribution is -2.52. The van der Waals surface area contributed by atoms with Gasteiger partial charge in [-0.05, 0) is 27.7 Å². The van der Waals surface area contributed by atoms with E-state index >= 15 is 0 Å². The van der Waals surface area contributed by atoms with E-state index in [1.165, 1.54) is 0 Å². The second-order valence-corrected chi connectivity index (χ2v) is 5.69. The van der Waals surface area contributed by atoms with Crippen molar-refractivity contribution in [1.82, 2.24) is 10.4 Å². The molecule has 1 N–H and O–H groups in total. The van der Waals surface area contributed by atoms with Crippen LogP contribution in [-0.2, 0) is 0 Å². The molecular formula is C11H24N2S. The molecule has 3 heteroatoms. The summed E-state index contributed by atoms with van der Waals surface area (Å²) in [5, 5.41) is 2.19. The van der Waals surface area contributed by atoms with Crippen LogP contribution in [-0.4, -0.2) is 22.1 Å². The van der Waals surface area contributed by atoms with Crippen LogP contribution in [0, 0.1) is 5.41 Å². The molecule has 0 aromatic rings. The number of hydrogen-bond donors (Lipinski definition) is 1. The Bertz CT molecular complexity index is 184. The fraction of sp³-hybridized carbons (Fsp3) is 0.909. The molecule has 0 unspecified atom stereocenters. The van der Waals surface area contributed by atoms with E-state index in [0.717, 1.165) is 4.99 Å². The highest BCUT2D eigenvalue weighted by atomic mass is 32.1. The van der Waals surface area contributed by atoms with E-state index in [9.17, 15) is 0 Å². The molecule has 0 radical (unpaired) electrons. The van der Waals surface area contributed by atoms with Gasteiger partial charge in [0.25, 0.3) is 0 Å². The first kappa shape index (κ1) is 13.8. The Morgan fingerprint density at radius 3 is 1.64 bits per heavy atom. The summed E-state index contributed by atoms with van der Waals surface area (Å²) in [5.41, 5.74) is 3.36. The maximum absolute atomic E-state index is 5.35. The van der Waals surface area contributed by atoms with Gasteiger partial charge in [-0.2, -0.15) is 0 Å².